The Morgan fingerprint density at radius 2 is 0.701 bits per heavy atom. The topological polar surface area (TPSA) is 111 Å². The number of carbonyl (C=O) groups is 3. The van der Waals surface area contributed by atoms with Gasteiger partial charge in [-0.1, -0.05) is 268 Å². The fraction of sp³-hybridized carbons (Fsp3) is 0.838. The van der Waals surface area contributed by atoms with Gasteiger partial charge in [0.15, 0.2) is 12.4 Å². The molecule has 0 bridgehead atoms. The Bertz CT molecular complexity index is 1400. The van der Waals surface area contributed by atoms with Crippen LogP contribution in [0.3, 0.4) is 0 Å². The first kappa shape index (κ1) is 74.2. The number of allylic oxidation sites excluding steroid dienone is 8. The highest BCUT2D eigenvalue weighted by atomic mass is 16.7. The van der Waals surface area contributed by atoms with Gasteiger partial charge in [0.05, 0.1) is 40.3 Å². The fourth-order valence-electron chi connectivity index (χ4n) is 9.48. The van der Waals surface area contributed by atoms with Crippen LogP contribution in [0.4, 0.5) is 0 Å². The largest absolute Gasteiger partial charge is 0.545 e. The summed E-state index contributed by atoms with van der Waals surface area (Å²) in [4.78, 5) is 37.3. The number of ether oxygens (including phenoxy) is 4. The maximum Gasteiger partial charge on any atom is 0.306 e. The minimum absolute atomic E-state index is 0.147. The molecule has 0 spiro atoms. The second-order valence-corrected chi connectivity index (χ2v) is 23.4. The van der Waals surface area contributed by atoms with Crippen molar-refractivity contribution in [3.05, 3.63) is 48.6 Å². The molecule has 0 aliphatic heterocycles. The number of aliphatic carboxylic acids is 1. The number of nitrogens with zero attached hydrogens (tertiary/aromatic N) is 1. The molecule has 77 heavy (non-hydrogen) atoms. The maximum absolute atomic E-state index is 12.9. The van der Waals surface area contributed by atoms with Crippen LogP contribution in [-0.2, 0) is 33.3 Å². The average Bonchev–Trinajstić information content (AvgIpc) is 3.40. The Balaban J connectivity index is 4.03. The summed E-state index contributed by atoms with van der Waals surface area (Å²) in [5.41, 5.74) is 0. The van der Waals surface area contributed by atoms with Crippen LogP contribution in [0.5, 0.6) is 0 Å². The number of hydrogen-bond donors (Lipinski definition) is 0. The number of rotatable bonds is 61. The van der Waals surface area contributed by atoms with Crippen LogP contribution >= 0.6 is 0 Å². The second-order valence-electron chi connectivity index (χ2n) is 23.4. The summed E-state index contributed by atoms with van der Waals surface area (Å²) in [5, 5.41) is 11.8. The second kappa shape index (κ2) is 59.4. The number of quaternary nitrogens is 1. The van der Waals surface area contributed by atoms with E-state index in [2.05, 4.69) is 62.5 Å². The number of carboxylic acids is 1. The van der Waals surface area contributed by atoms with E-state index in [0.29, 0.717) is 17.4 Å². The Morgan fingerprint density at radius 3 is 1.05 bits per heavy atom. The van der Waals surface area contributed by atoms with E-state index in [-0.39, 0.29) is 38.6 Å². The monoisotopic (exact) mass is 1080 g/mol. The first-order valence-corrected chi connectivity index (χ1v) is 32.8. The lowest BCUT2D eigenvalue weighted by Gasteiger charge is -2.26. The highest BCUT2D eigenvalue weighted by Crippen LogP contribution is 2.18. The number of esters is 2. The third-order valence-corrected chi connectivity index (χ3v) is 14.5. The molecule has 0 aliphatic rings. The van der Waals surface area contributed by atoms with Crippen molar-refractivity contribution in [2.24, 2.45) is 0 Å². The van der Waals surface area contributed by atoms with Crippen LogP contribution < -0.4 is 5.11 Å². The normalized spacial score (nSPS) is 13.0. The summed E-state index contributed by atoms with van der Waals surface area (Å²) in [5.74, 6) is -2.28. The predicted molar refractivity (Wildman–Crippen MR) is 325 cm³/mol. The first-order chi connectivity index (χ1) is 37.6. The first-order valence-electron chi connectivity index (χ1n) is 32.8. The van der Waals surface area contributed by atoms with Gasteiger partial charge in [0, 0.05) is 12.8 Å². The summed E-state index contributed by atoms with van der Waals surface area (Å²) >= 11 is 0. The number of carbonyl (C=O) groups excluding carboxylic acids is 3. The molecule has 0 fully saturated rings. The van der Waals surface area contributed by atoms with Crippen LogP contribution in [0, 0.1) is 0 Å². The maximum atomic E-state index is 12.9. The molecule has 9 heteroatoms. The van der Waals surface area contributed by atoms with Gasteiger partial charge in [-0.3, -0.25) is 9.59 Å². The zero-order valence-electron chi connectivity index (χ0n) is 51.3. The highest BCUT2D eigenvalue weighted by Gasteiger charge is 2.22. The van der Waals surface area contributed by atoms with E-state index in [9.17, 15) is 19.5 Å². The smallest absolute Gasteiger partial charge is 0.306 e. The van der Waals surface area contributed by atoms with Crippen molar-refractivity contribution in [1.29, 1.82) is 0 Å². The molecule has 0 N–H and O–H groups in total. The minimum atomic E-state index is -1.62. The third kappa shape index (κ3) is 60.7. The molecule has 0 saturated heterocycles. The number of unbranched alkanes of at least 4 members (excludes halogenated alkanes) is 38. The minimum Gasteiger partial charge on any atom is -0.545 e. The zero-order chi connectivity index (χ0) is 56.2. The van der Waals surface area contributed by atoms with Crippen LogP contribution in [0.25, 0.3) is 0 Å². The van der Waals surface area contributed by atoms with E-state index in [1.807, 2.05) is 21.1 Å². The van der Waals surface area contributed by atoms with Crippen LogP contribution in [0.1, 0.15) is 309 Å². The van der Waals surface area contributed by atoms with Crippen molar-refractivity contribution in [3.8, 4) is 0 Å². The third-order valence-electron chi connectivity index (χ3n) is 14.5. The van der Waals surface area contributed by atoms with Crippen LogP contribution in [0.15, 0.2) is 48.6 Å². The predicted octanol–water partition coefficient (Wildman–Crippen LogP) is 18.5. The number of likely N-dealkylation sites (N-methyl/N-ethyl adjacent to an activating group) is 1. The van der Waals surface area contributed by atoms with Gasteiger partial charge in [-0.2, -0.15) is 0 Å². The SMILES string of the molecule is CCCCC/C=C\C/C=C\CCCCCCCCCC(=O)OCC(COC(OCC[N+](C)(C)C)C(=O)[O-])OC(=O)CCCCCCCCCCCCCCCCCCCCCCCCC/C=C\C/C=C\CCCCCCC. The summed E-state index contributed by atoms with van der Waals surface area (Å²) < 4.78 is 22.7. The van der Waals surface area contributed by atoms with Crippen molar-refractivity contribution in [3.63, 3.8) is 0 Å². The van der Waals surface area contributed by atoms with Crippen molar-refractivity contribution in [1.82, 2.24) is 0 Å². The molecule has 9 nitrogen and oxygen atoms in total. The van der Waals surface area contributed by atoms with E-state index in [1.165, 1.54) is 218 Å². The van der Waals surface area contributed by atoms with Crippen LogP contribution in [0.2, 0.25) is 0 Å². The lowest BCUT2D eigenvalue weighted by molar-refractivity contribution is -0.870. The molecule has 0 rings (SSSR count). The summed E-state index contributed by atoms with van der Waals surface area (Å²) in [6.07, 6.45) is 71.9. The van der Waals surface area contributed by atoms with Crippen LogP contribution in [-0.4, -0.2) is 82.3 Å². The Morgan fingerprint density at radius 1 is 0.390 bits per heavy atom. The van der Waals surface area contributed by atoms with Gasteiger partial charge >= 0.3 is 11.9 Å². The Labute approximate surface area is 476 Å². The van der Waals surface area contributed by atoms with Gasteiger partial charge in [-0.25, -0.2) is 0 Å². The fourth-order valence-corrected chi connectivity index (χ4v) is 9.48. The lowest BCUT2D eigenvalue weighted by Crippen LogP contribution is -2.44. The van der Waals surface area contributed by atoms with Gasteiger partial charge in [-0.15, -0.1) is 0 Å². The molecular formula is C68H125NO8. The standard InChI is InChI=1S/C68H125NO8/c1-6-8-10-12-14-16-18-20-22-24-25-26-27-28-29-30-31-32-33-34-35-36-37-38-39-40-41-43-45-47-49-51-53-55-57-59-66(71)77-64(63-76-68(67(72)73)74-61-60-69(3,4)5)62-75-65(70)58-56-54-52-50-48-46-44-42-23-21-19-17-15-13-11-9-7-2/h15,17-18,20-21,23-25,64,68H,6-14,16,19,22,26-63H2,1-5H3/b17-15-,20-18-,23-21-,25-24-. The quantitative estimate of drug-likeness (QED) is 0.0195. The van der Waals surface area contributed by atoms with E-state index in [0.717, 1.165) is 57.8 Å². The molecule has 0 aromatic carbocycles. The van der Waals surface area contributed by atoms with Crippen molar-refractivity contribution >= 4 is 17.9 Å². The molecule has 0 aromatic rings. The molecule has 0 aromatic heterocycles. The molecular weight excluding hydrogens is 959 g/mol. The van der Waals surface area contributed by atoms with E-state index in [4.69, 9.17) is 18.9 Å². The molecule has 0 saturated carbocycles. The highest BCUT2D eigenvalue weighted by molar-refractivity contribution is 5.70. The molecule has 0 amide bonds. The van der Waals surface area contributed by atoms with E-state index >= 15 is 0 Å². The van der Waals surface area contributed by atoms with Crippen molar-refractivity contribution in [2.45, 2.75) is 322 Å². The molecule has 0 radical (unpaired) electrons. The van der Waals surface area contributed by atoms with Gasteiger partial charge in [0.25, 0.3) is 0 Å². The summed E-state index contributed by atoms with van der Waals surface area (Å²) in [7, 11) is 5.93. The number of carboxylic acid groups (broad SMARTS) is 1. The van der Waals surface area contributed by atoms with Crippen molar-refractivity contribution < 1.29 is 42.9 Å². The number of hydrogen-bond acceptors (Lipinski definition) is 8. The van der Waals surface area contributed by atoms with Gasteiger partial charge in [0.1, 0.15) is 13.2 Å². The Hall–Kier alpha value is -2.75. The molecule has 450 valence electrons. The molecule has 2 atom stereocenters. The van der Waals surface area contributed by atoms with Gasteiger partial charge < -0.3 is 33.3 Å². The molecule has 2 unspecified atom stereocenters. The van der Waals surface area contributed by atoms with Gasteiger partial charge in [-0.05, 0) is 77.0 Å². The summed E-state index contributed by atoms with van der Waals surface area (Å²) in [6.45, 7) is 4.74. The molecule has 0 heterocycles. The summed E-state index contributed by atoms with van der Waals surface area (Å²) in [6, 6.07) is 0. The molecule has 0 aliphatic carbocycles. The Kier molecular flexibility index (Phi) is 57.3. The zero-order valence-corrected chi connectivity index (χ0v) is 51.3. The van der Waals surface area contributed by atoms with Gasteiger partial charge in [0.2, 0.25) is 0 Å². The lowest BCUT2D eigenvalue weighted by atomic mass is 10.0. The van der Waals surface area contributed by atoms with Crippen molar-refractivity contribution in [2.75, 3.05) is 47.5 Å². The van der Waals surface area contributed by atoms with E-state index < -0.39 is 24.3 Å². The van der Waals surface area contributed by atoms with E-state index in [1.54, 1.807) is 0 Å². The average molecular weight is 1080 g/mol.